The molecule has 1 fully saturated rings. The molecule has 0 amide bonds. The van der Waals surface area contributed by atoms with Crippen molar-refractivity contribution in [3.63, 3.8) is 0 Å². The molecule has 1 unspecified atom stereocenters. The second-order valence-electron chi connectivity index (χ2n) is 6.17. The second kappa shape index (κ2) is 6.86. The Morgan fingerprint density at radius 3 is 2.70 bits per heavy atom. The molecule has 0 spiro atoms. The highest BCUT2D eigenvalue weighted by molar-refractivity contribution is 5.78. The number of hydrogen-bond donors (Lipinski definition) is 2. The first-order valence-electron chi connectivity index (χ1n) is 8.42. The Bertz CT molecular complexity index is 653. The molecule has 5 heteroatoms. The van der Waals surface area contributed by atoms with Crippen LogP contribution >= 0.6 is 0 Å². The van der Waals surface area contributed by atoms with E-state index in [0.29, 0.717) is 17.5 Å². The van der Waals surface area contributed by atoms with Gasteiger partial charge in [-0.05, 0) is 50.3 Å². The number of hydrogen-bond acceptors (Lipinski definition) is 5. The fourth-order valence-corrected chi connectivity index (χ4v) is 3.09. The van der Waals surface area contributed by atoms with Crippen LogP contribution in [0.2, 0.25) is 0 Å². The minimum Gasteiger partial charge on any atom is -0.393 e. The molecule has 0 aliphatic carbocycles. The molecule has 1 aliphatic rings. The van der Waals surface area contributed by atoms with E-state index in [9.17, 15) is 0 Å². The predicted molar refractivity (Wildman–Crippen MR) is 96.2 cm³/mol. The average molecular weight is 311 g/mol. The van der Waals surface area contributed by atoms with Crippen molar-refractivity contribution in [3.05, 3.63) is 36.2 Å². The standard InChI is InChI=1S/C18H25N5/c1-3-14-7-9-15(10-8-14)22-17-16(19)18(21-12-20-17)23-11-5-4-6-13(23)2/h7-10,12-13H,3-6,11,19H2,1-2H3,(H,20,21,22). The van der Waals surface area contributed by atoms with E-state index in [1.165, 1.54) is 24.8 Å². The second-order valence-corrected chi connectivity index (χ2v) is 6.17. The van der Waals surface area contributed by atoms with Crippen molar-refractivity contribution in [2.24, 2.45) is 0 Å². The summed E-state index contributed by atoms with van der Waals surface area (Å²) in [4.78, 5) is 11.1. The minimum absolute atomic E-state index is 0.470. The van der Waals surface area contributed by atoms with Crippen molar-refractivity contribution in [1.82, 2.24) is 9.97 Å². The number of aromatic nitrogens is 2. The quantitative estimate of drug-likeness (QED) is 0.900. The summed E-state index contributed by atoms with van der Waals surface area (Å²) >= 11 is 0. The van der Waals surface area contributed by atoms with E-state index in [0.717, 1.165) is 24.5 Å². The van der Waals surface area contributed by atoms with Gasteiger partial charge in [0.2, 0.25) is 0 Å². The van der Waals surface area contributed by atoms with Crippen molar-refractivity contribution in [2.75, 3.05) is 22.5 Å². The Morgan fingerprint density at radius 2 is 2.00 bits per heavy atom. The maximum Gasteiger partial charge on any atom is 0.159 e. The number of aryl methyl sites for hydroxylation is 1. The first kappa shape index (κ1) is 15.6. The van der Waals surface area contributed by atoms with Gasteiger partial charge in [-0.15, -0.1) is 0 Å². The van der Waals surface area contributed by atoms with E-state index in [4.69, 9.17) is 5.73 Å². The highest BCUT2D eigenvalue weighted by atomic mass is 15.2. The van der Waals surface area contributed by atoms with E-state index >= 15 is 0 Å². The number of nitrogens with zero attached hydrogens (tertiary/aromatic N) is 3. The van der Waals surface area contributed by atoms with Gasteiger partial charge in [0.1, 0.15) is 12.0 Å². The zero-order valence-electron chi connectivity index (χ0n) is 13.9. The van der Waals surface area contributed by atoms with Crippen LogP contribution in [0.5, 0.6) is 0 Å². The fourth-order valence-electron chi connectivity index (χ4n) is 3.09. The zero-order chi connectivity index (χ0) is 16.2. The number of nitrogens with two attached hydrogens (primary N) is 1. The van der Waals surface area contributed by atoms with Crippen LogP contribution in [0.25, 0.3) is 0 Å². The molecule has 5 nitrogen and oxygen atoms in total. The highest BCUT2D eigenvalue weighted by Gasteiger charge is 2.23. The monoisotopic (exact) mass is 311 g/mol. The SMILES string of the molecule is CCc1ccc(Nc2ncnc(N3CCCCC3C)c2N)cc1. The largest absolute Gasteiger partial charge is 0.393 e. The molecular weight excluding hydrogens is 286 g/mol. The molecule has 1 atom stereocenters. The van der Waals surface area contributed by atoms with Crippen molar-refractivity contribution in [2.45, 2.75) is 45.6 Å². The van der Waals surface area contributed by atoms with Gasteiger partial charge in [0.15, 0.2) is 11.6 Å². The van der Waals surface area contributed by atoms with Crippen LogP contribution in [-0.2, 0) is 6.42 Å². The number of anilines is 4. The first-order valence-corrected chi connectivity index (χ1v) is 8.42. The average Bonchev–Trinajstić information content (AvgIpc) is 2.58. The molecule has 1 aromatic heterocycles. The van der Waals surface area contributed by atoms with Gasteiger partial charge in [0.25, 0.3) is 0 Å². The summed E-state index contributed by atoms with van der Waals surface area (Å²) in [5, 5.41) is 3.32. The van der Waals surface area contributed by atoms with Crippen molar-refractivity contribution < 1.29 is 0 Å². The van der Waals surface area contributed by atoms with Crippen molar-refractivity contribution in [3.8, 4) is 0 Å². The summed E-state index contributed by atoms with van der Waals surface area (Å²) in [6, 6.07) is 8.83. The highest BCUT2D eigenvalue weighted by Crippen LogP contribution is 2.32. The molecule has 1 aliphatic heterocycles. The van der Waals surface area contributed by atoms with Gasteiger partial charge in [-0.3, -0.25) is 0 Å². The van der Waals surface area contributed by atoms with E-state index in [2.05, 4.69) is 58.3 Å². The van der Waals surface area contributed by atoms with Crippen LogP contribution < -0.4 is 16.0 Å². The lowest BCUT2D eigenvalue weighted by atomic mass is 10.0. The molecule has 0 radical (unpaired) electrons. The maximum absolute atomic E-state index is 6.35. The van der Waals surface area contributed by atoms with Crippen molar-refractivity contribution >= 4 is 23.0 Å². The molecule has 3 rings (SSSR count). The van der Waals surface area contributed by atoms with Crippen LogP contribution in [0.3, 0.4) is 0 Å². The summed E-state index contributed by atoms with van der Waals surface area (Å²) < 4.78 is 0. The van der Waals surface area contributed by atoms with Gasteiger partial charge < -0.3 is 16.0 Å². The van der Waals surface area contributed by atoms with Crippen LogP contribution in [0, 0.1) is 0 Å². The number of piperidine rings is 1. The number of rotatable bonds is 4. The zero-order valence-corrected chi connectivity index (χ0v) is 13.9. The smallest absolute Gasteiger partial charge is 0.159 e. The van der Waals surface area contributed by atoms with Gasteiger partial charge >= 0.3 is 0 Å². The molecule has 0 bridgehead atoms. The molecule has 1 saturated heterocycles. The normalized spacial score (nSPS) is 18.0. The lowest BCUT2D eigenvalue weighted by Gasteiger charge is -2.35. The van der Waals surface area contributed by atoms with E-state index < -0.39 is 0 Å². The molecule has 3 N–H and O–H groups in total. The molecule has 122 valence electrons. The molecule has 2 heterocycles. The number of nitrogen functional groups attached to an aromatic ring is 1. The third-order valence-corrected chi connectivity index (χ3v) is 4.56. The third kappa shape index (κ3) is 3.38. The van der Waals surface area contributed by atoms with Crippen molar-refractivity contribution in [1.29, 1.82) is 0 Å². The fraction of sp³-hybridized carbons (Fsp3) is 0.444. The third-order valence-electron chi connectivity index (χ3n) is 4.56. The molecular formula is C18H25N5. The van der Waals surface area contributed by atoms with Gasteiger partial charge in [-0.1, -0.05) is 19.1 Å². The summed E-state index contributed by atoms with van der Waals surface area (Å²) in [7, 11) is 0. The summed E-state index contributed by atoms with van der Waals surface area (Å²) in [5.41, 5.74) is 9.28. The summed E-state index contributed by atoms with van der Waals surface area (Å²) in [5.74, 6) is 1.52. The Hall–Kier alpha value is -2.30. The van der Waals surface area contributed by atoms with E-state index in [-0.39, 0.29) is 0 Å². The van der Waals surface area contributed by atoms with Gasteiger partial charge in [0.05, 0.1) is 0 Å². The van der Waals surface area contributed by atoms with E-state index in [1.54, 1.807) is 6.33 Å². The molecule has 0 saturated carbocycles. The summed E-state index contributed by atoms with van der Waals surface area (Å²) in [6.07, 6.45) is 6.28. The molecule has 2 aromatic rings. The molecule has 1 aromatic carbocycles. The van der Waals surface area contributed by atoms with Gasteiger partial charge in [-0.25, -0.2) is 9.97 Å². The van der Waals surface area contributed by atoms with Gasteiger partial charge in [-0.2, -0.15) is 0 Å². The summed E-state index contributed by atoms with van der Waals surface area (Å²) in [6.45, 7) is 5.39. The Balaban J connectivity index is 1.83. The number of benzene rings is 1. The Kier molecular flexibility index (Phi) is 4.65. The van der Waals surface area contributed by atoms with Crippen LogP contribution in [0.1, 0.15) is 38.7 Å². The minimum atomic E-state index is 0.470. The predicted octanol–water partition coefficient (Wildman–Crippen LogP) is 3.74. The van der Waals surface area contributed by atoms with Crippen LogP contribution in [0.15, 0.2) is 30.6 Å². The molecule has 23 heavy (non-hydrogen) atoms. The van der Waals surface area contributed by atoms with Gasteiger partial charge in [0, 0.05) is 18.3 Å². The van der Waals surface area contributed by atoms with E-state index in [1.807, 2.05) is 0 Å². The first-order chi connectivity index (χ1) is 11.2. The number of nitrogens with one attached hydrogen (secondary N) is 1. The maximum atomic E-state index is 6.35. The lowest BCUT2D eigenvalue weighted by Crippen LogP contribution is -2.38. The Labute approximate surface area is 137 Å². The topological polar surface area (TPSA) is 67.1 Å². The lowest BCUT2D eigenvalue weighted by molar-refractivity contribution is 0.481. The van der Waals surface area contributed by atoms with Crippen LogP contribution in [0.4, 0.5) is 23.0 Å². The Morgan fingerprint density at radius 1 is 1.22 bits per heavy atom. The van der Waals surface area contributed by atoms with Crippen LogP contribution in [-0.4, -0.2) is 22.6 Å².